The van der Waals surface area contributed by atoms with Crippen molar-refractivity contribution in [1.82, 2.24) is 0 Å². The molecule has 0 saturated carbocycles. The van der Waals surface area contributed by atoms with E-state index in [1.165, 1.54) is 19.3 Å². The average molecular weight is 224 g/mol. The van der Waals surface area contributed by atoms with E-state index in [2.05, 4.69) is 13.0 Å². The van der Waals surface area contributed by atoms with Crippen molar-refractivity contribution in [2.75, 3.05) is 13.2 Å². The number of allylic oxidation sites excluding steroid dienone is 2. The second-order valence-electron chi connectivity index (χ2n) is 4.59. The minimum Gasteiger partial charge on any atom is -0.381 e. The molecule has 1 rings (SSSR count). The second kappa shape index (κ2) is 8.51. The van der Waals surface area contributed by atoms with Crippen LogP contribution in [0.25, 0.3) is 0 Å². The van der Waals surface area contributed by atoms with Crippen LogP contribution in [0.3, 0.4) is 0 Å². The normalized spacial score (nSPS) is 18.1. The Kier molecular flexibility index (Phi) is 7.15. The summed E-state index contributed by atoms with van der Waals surface area (Å²) in [5, 5.41) is 0. The van der Waals surface area contributed by atoms with E-state index in [0.717, 1.165) is 38.9 Å². The van der Waals surface area contributed by atoms with Gasteiger partial charge in [0.25, 0.3) is 0 Å². The highest BCUT2D eigenvalue weighted by atomic mass is 16.5. The smallest absolute Gasteiger partial charge is 0.155 e. The van der Waals surface area contributed by atoms with Gasteiger partial charge in [-0.3, -0.25) is 4.79 Å². The zero-order valence-corrected chi connectivity index (χ0v) is 10.4. The molecular weight excluding hydrogens is 200 g/mol. The highest BCUT2D eigenvalue weighted by molar-refractivity contribution is 5.89. The standard InChI is InChI=1S/C14H24O2/c1-2-3-4-5-6-14(15)8-7-13-9-11-16-12-10-13/h7-8,13H,2-6,9-12H2,1H3. The van der Waals surface area contributed by atoms with Crippen LogP contribution in [0.4, 0.5) is 0 Å². The Morgan fingerprint density at radius 3 is 2.69 bits per heavy atom. The fraction of sp³-hybridized carbons (Fsp3) is 0.786. The summed E-state index contributed by atoms with van der Waals surface area (Å²) in [7, 11) is 0. The molecule has 2 nitrogen and oxygen atoms in total. The third-order valence-corrected chi connectivity index (χ3v) is 3.10. The van der Waals surface area contributed by atoms with Crippen LogP contribution in [-0.2, 0) is 9.53 Å². The summed E-state index contributed by atoms with van der Waals surface area (Å²) in [6.07, 6.45) is 11.5. The monoisotopic (exact) mass is 224 g/mol. The largest absolute Gasteiger partial charge is 0.381 e. The van der Waals surface area contributed by atoms with Gasteiger partial charge in [0.05, 0.1) is 0 Å². The Labute approximate surface area is 99.1 Å². The summed E-state index contributed by atoms with van der Waals surface area (Å²) in [4.78, 5) is 11.5. The van der Waals surface area contributed by atoms with E-state index in [1.807, 2.05) is 0 Å². The third-order valence-electron chi connectivity index (χ3n) is 3.10. The lowest BCUT2D eigenvalue weighted by Crippen LogP contribution is -2.13. The SMILES string of the molecule is CCCCCCC(=O)C=CC1CCOCC1. The minimum absolute atomic E-state index is 0.294. The van der Waals surface area contributed by atoms with Crippen molar-refractivity contribution < 1.29 is 9.53 Å². The summed E-state index contributed by atoms with van der Waals surface area (Å²) >= 11 is 0. The van der Waals surface area contributed by atoms with Gasteiger partial charge in [-0.15, -0.1) is 0 Å². The quantitative estimate of drug-likeness (QED) is 0.488. The summed E-state index contributed by atoms with van der Waals surface area (Å²) in [5.74, 6) is 0.857. The van der Waals surface area contributed by atoms with Gasteiger partial charge in [0.15, 0.2) is 5.78 Å². The second-order valence-corrected chi connectivity index (χ2v) is 4.59. The van der Waals surface area contributed by atoms with Crippen molar-refractivity contribution in [3.8, 4) is 0 Å². The molecule has 0 spiro atoms. The van der Waals surface area contributed by atoms with Crippen molar-refractivity contribution >= 4 is 5.78 Å². The van der Waals surface area contributed by atoms with Crippen LogP contribution in [0.1, 0.15) is 51.9 Å². The van der Waals surface area contributed by atoms with Gasteiger partial charge in [-0.2, -0.15) is 0 Å². The van der Waals surface area contributed by atoms with Crippen LogP contribution in [0.15, 0.2) is 12.2 Å². The Hall–Kier alpha value is -0.630. The predicted molar refractivity (Wildman–Crippen MR) is 66.4 cm³/mol. The number of carbonyl (C=O) groups is 1. The Morgan fingerprint density at radius 1 is 1.25 bits per heavy atom. The molecule has 0 amide bonds. The van der Waals surface area contributed by atoms with Gasteiger partial charge in [-0.25, -0.2) is 0 Å². The van der Waals surface area contributed by atoms with Crippen LogP contribution in [0, 0.1) is 5.92 Å². The molecule has 0 aliphatic carbocycles. The van der Waals surface area contributed by atoms with Crippen molar-refractivity contribution in [3.63, 3.8) is 0 Å². The van der Waals surface area contributed by atoms with E-state index in [9.17, 15) is 4.79 Å². The lowest BCUT2D eigenvalue weighted by atomic mass is 9.99. The minimum atomic E-state index is 0.294. The van der Waals surface area contributed by atoms with Gasteiger partial charge in [-0.1, -0.05) is 32.3 Å². The molecule has 1 aliphatic heterocycles. The van der Waals surface area contributed by atoms with Crippen LogP contribution >= 0.6 is 0 Å². The summed E-state index contributed by atoms with van der Waals surface area (Å²) in [6, 6.07) is 0. The van der Waals surface area contributed by atoms with Gasteiger partial charge in [0.2, 0.25) is 0 Å². The zero-order chi connectivity index (χ0) is 11.6. The molecule has 0 aromatic carbocycles. The fourth-order valence-corrected chi connectivity index (χ4v) is 1.96. The number of unbranched alkanes of at least 4 members (excludes halogenated alkanes) is 3. The Morgan fingerprint density at radius 2 is 2.00 bits per heavy atom. The van der Waals surface area contributed by atoms with Crippen LogP contribution in [0.5, 0.6) is 0 Å². The van der Waals surface area contributed by atoms with Crippen LogP contribution < -0.4 is 0 Å². The molecule has 0 N–H and O–H groups in total. The van der Waals surface area contributed by atoms with Crippen molar-refractivity contribution in [3.05, 3.63) is 12.2 Å². The maximum Gasteiger partial charge on any atom is 0.155 e. The molecule has 16 heavy (non-hydrogen) atoms. The van der Waals surface area contributed by atoms with E-state index in [4.69, 9.17) is 4.74 Å². The highest BCUT2D eigenvalue weighted by Gasteiger charge is 2.10. The van der Waals surface area contributed by atoms with Crippen LogP contribution in [-0.4, -0.2) is 19.0 Å². The average Bonchev–Trinajstić information content (AvgIpc) is 2.33. The molecule has 2 heteroatoms. The maximum absolute atomic E-state index is 11.5. The molecule has 0 aromatic heterocycles. The number of rotatable bonds is 7. The lowest BCUT2D eigenvalue weighted by molar-refractivity contribution is -0.114. The molecule has 1 saturated heterocycles. The van der Waals surface area contributed by atoms with E-state index in [1.54, 1.807) is 6.08 Å². The molecule has 1 heterocycles. The molecule has 1 fully saturated rings. The molecule has 1 aliphatic rings. The van der Waals surface area contributed by atoms with Crippen molar-refractivity contribution in [1.29, 1.82) is 0 Å². The maximum atomic E-state index is 11.5. The first-order valence-corrected chi connectivity index (χ1v) is 6.61. The van der Waals surface area contributed by atoms with Gasteiger partial charge in [0, 0.05) is 19.6 Å². The molecule has 0 bridgehead atoms. The molecule has 92 valence electrons. The van der Waals surface area contributed by atoms with E-state index in [-0.39, 0.29) is 0 Å². The highest BCUT2D eigenvalue weighted by Crippen LogP contribution is 2.16. The summed E-state index contributed by atoms with van der Waals surface area (Å²) in [5.41, 5.74) is 0. The molecule has 0 aromatic rings. The van der Waals surface area contributed by atoms with Gasteiger partial charge < -0.3 is 4.74 Å². The Balaban J connectivity index is 2.09. The first-order valence-electron chi connectivity index (χ1n) is 6.61. The first kappa shape index (κ1) is 13.4. The number of carbonyl (C=O) groups excluding carboxylic acids is 1. The summed E-state index contributed by atoms with van der Waals surface area (Å²) in [6.45, 7) is 3.88. The lowest BCUT2D eigenvalue weighted by Gasteiger charge is -2.18. The van der Waals surface area contributed by atoms with Gasteiger partial charge in [0.1, 0.15) is 0 Å². The van der Waals surface area contributed by atoms with E-state index < -0.39 is 0 Å². The number of hydrogen-bond donors (Lipinski definition) is 0. The van der Waals surface area contributed by atoms with E-state index >= 15 is 0 Å². The third kappa shape index (κ3) is 6.06. The number of hydrogen-bond acceptors (Lipinski definition) is 2. The molecular formula is C14H24O2. The van der Waals surface area contributed by atoms with Crippen molar-refractivity contribution in [2.24, 2.45) is 5.92 Å². The number of ketones is 1. The van der Waals surface area contributed by atoms with Gasteiger partial charge in [-0.05, 0) is 31.3 Å². The fourth-order valence-electron chi connectivity index (χ4n) is 1.96. The molecule has 0 unspecified atom stereocenters. The van der Waals surface area contributed by atoms with Crippen molar-refractivity contribution in [2.45, 2.75) is 51.9 Å². The topological polar surface area (TPSA) is 26.3 Å². The Bertz CT molecular complexity index is 215. The zero-order valence-electron chi connectivity index (χ0n) is 10.4. The molecule has 0 atom stereocenters. The van der Waals surface area contributed by atoms with E-state index in [0.29, 0.717) is 11.7 Å². The van der Waals surface area contributed by atoms with Crippen LogP contribution in [0.2, 0.25) is 0 Å². The molecule has 0 radical (unpaired) electrons. The van der Waals surface area contributed by atoms with Gasteiger partial charge >= 0.3 is 0 Å². The number of ether oxygens (including phenoxy) is 1. The predicted octanol–water partition coefficient (Wildman–Crippen LogP) is 3.51. The first-order chi connectivity index (χ1) is 7.83. The summed E-state index contributed by atoms with van der Waals surface area (Å²) < 4.78 is 5.28.